The molecule has 1 saturated heterocycles. The normalized spacial score (nSPS) is 17.5. The van der Waals surface area contributed by atoms with Gasteiger partial charge in [0.25, 0.3) is 0 Å². The van der Waals surface area contributed by atoms with Crippen molar-refractivity contribution < 1.29 is 23.1 Å². The summed E-state index contributed by atoms with van der Waals surface area (Å²) in [6, 6.07) is 0. The standard InChI is InChI=1S/C10H21NO.C10H20.C9H14O3.C9H18O2/c1-10(2,3)4-5-11-6-8-12-9-7-11;1-10(2,3)9-7-5-4-6-8-9;1-6-7(5-9(2,3)4)12-8(10)11-6;1-6-8(10)11-7(2)9(3,4)5/h4-9H2,1-3H3;9H,4-8H2,1-3H3;5H2,1-4H3;7H,6H2,1-5H3. The number of hydrogen-bond acceptors (Lipinski definition) is 7. The number of hydrogen-bond donors (Lipinski definition) is 0. The lowest BCUT2D eigenvalue weighted by Crippen LogP contribution is -2.37. The van der Waals surface area contributed by atoms with Crippen molar-refractivity contribution in [3.8, 4) is 0 Å². The van der Waals surface area contributed by atoms with Gasteiger partial charge in [0.2, 0.25) is 0 Å². The van der Waals surface area contributed by atoms with Gasteiger partial charge in [0.15, 0.2) is 0 Å². The van der Waals surface area contributed by atoms with Crippen LogP contribution in [0.5, 0.6) is 0 Å². The van der Waals surface area contributed by atoms with Crippen molar-refractivity contribution >= 4 is 5.97 Å². The molecule has 2 fully saturated rings. The predicted molar refractivity (Wildman–Crippen MR) is 188 cm³/mol. The summed E-state index contributed by atoms with van der Waals surface area (Å²) in [5.41, 5.74) is 1.20. The Morgan fingerprint density at radius 3 is 1.76 bits per heavy atom. The highest BCUT2D eigenvalue weighted by atomic mass is 16.6. The number of aryl methyl sites for hydroxylation is 1. The van der Waals surface area contributed by atoms with Crippen LogP contribution in [0.3, 0.4) is 0 Å². The zero-order valence-electron chi connectivity index (χ0n) is 32.2. The first-order valence-corrected chi connectivity index (χ1v) is 17.5. The van der Waals surface area contributed by atoms with E-state index in [4.69, 9.17) is 18.3 Å². The summed E-state index contributed by atoms with van der Waals surface area (Å²) < 4.78 is 20.0. The van der Waals surface area contributed by atoms with Crippen molar-refractivity contribution in [3.05, 3.63) is 22.1 Å². The second-order valence-corrected chi connectivity index (χ2v) is 17.5. The summed E-state index contributed by atoms with van der Waals surface area (Å²) in [6.45, 7) is 37.2. The van der Waals surface area contributed by atoms with Gasteiger partial charge in [-0.15, -0.1) is 0 Å². The fourth-order valence-electron chi connectivity index (χ4n) is 4.76. The van der Waals surface area contributed by atoms with Crippen LogP contribution in [-0.4, -0.2) is 49.8 Å². The molecule has 0 spiro atoms. The summed E-state index contributed by atoms with van der Waals surface area (Å²) in [6.07, 6.45) is 9.84. The van der Waals surface area contributed by atoms with E-state index >= 15 is 0 Å². The van der Waals surface area contributed by atoms with Crippen LogP contribution in [0.4, 0.5) is 0 Å². The lowest BCUT2D eigenvalue weighted by Gasteiger charge is -2.33. The molecular weight excluding hydrogens is 566 g/mol. The maximum absolute atomic E-state index is 10.8. The van der Waals surface area contributed by atoms with Gasteiger partial charge in [-0.2, -0.15) is 0 Å². The third kappa shape index (κ3) is 22.5. The molecule has 1 aliphatic carbocycles. The minimum absolute atomic E-state index is 0.00468. The molecule has 0 bridgehead atoms. The van der Waals surface area contributed by atoms with Crippen molar-refractivity contribution in [1.29, 1.82) is 0 Å². The highest BCUT2D eigenvalue weighted by Gasteiger charge is 2.25. The number of ether oxygens (including phenoxy) is 2. The fourth-order valence-corrected chi connectivity index (χ4v) is 4.76. The van der Waals surface area contributed by atoms with Gasteiger partial charge in [0.05, 0.1) is 13.2 Å². The Bertz CT molecular complexity index is 968. The SMILES string of the molecule is CC(C)(C)C1CCCCC1.CC(C)(C)CCN1CCOCC1.CCC(=O)OC(C)C(C)(C)C.Cc1oc(=O)oc1CC(C)(C)C. The van der Waals surface area contributed by atoms with E-state index < -0.39 is 5.82 Å². The van der Waals surface area contributed by atoms with E-state index in [9.17, 15) is 9.59 Å². The lowest BCUT2D eigenvalue weighted by molar-refractivity contribution is -0.152. The molecule has 1 aliphatic heterocycles. The summed E-state index contributed by atoms with van der Waals surface area (Å²) in [4.78, 5) is 24.0. The molecule has 7 nitrogen and oxygen atoms in total. The molecule has 0 amide bonds. The Morgan fingerprint density at radius 1 is 0.867 bits per heavy atom. The molecule has 45 heavy (non-hydrogen) atoms. The molecule has 1 saturated carbocycles. The van der Waals surface area contributed by atoms with Gasteiger partial charge in [-0.3, -0.25) is 9.69 Å². The quantitative estimate of drug-likeness (QED) is 0.297. The maximum atomic E-state index is 10.8. The molecule has 0 N–H and O–H groups in total. The van der Waals surface area contributed by atoms with Gasteiger partial charge in [0.1, 0.15) is 17.6 Å². The van der Waals surface area contributed by atoms with Crippen molar-refractivity contribution in [2.24, 2.45) is 27.6 Å². The Hall–Kier alpha value is -1.60. The number of rotatable bonds is 5. The van der Waals surface area contributed by atoms with Gasteiger partial charge in [-0.25, -0.2) is 4.79 Å². The number of carbonyl (C=O) groups excluding carboxylic acids is 1. The van der Waals surface area contributed by atoms with Crippen LogP contribution >= 0.6 is 0 Å². The minimum Gasteiger partial charge on any atom is -0.462 e. The molecule has 1 aromatic heterocycles. The predicted octanol–water partition coefficient (Wildman–Crippen LogP) is 9.87. The molecule has 2 heterocycles. The van der Waals surface area contributed by atoms with Gasteiger partial charge in [-0.05, 0) is 67.2 Å². The number of esters is 1. The van der Waals surface area contributed by atoms with Gasteiger partial charge in [-0.1, -0.05) is 109 Å². The molecule has 2 aliphatic rings. The fraction of sp³-hybridized carbons (Fsp3) is 0.895. The molecule has 1 unspecified atom stereocenters. The Morgan fingerprint density at radius 2 is 1.40 bits per heavy atom. The van der Waals surface area contributed by atoms with Gasteiger partial charge >= 0.3 is 11.8 Å². The van der Waals surface area contributed by atoms with E-state index in [1.165, 1.54) is 45.1 Å². The lowest BCUT2D eigenvalue weighted by atomic mass is 9.72. The molecular formula is C38H73NO6. The Labute approximate surface area is 277 Å². The van der Waals surface area contributed by atoms with Crippen molar-refractivity contribution in [2.75, 3.05) is 32.8 Å². The molecule has 266 valence electrons. The molecule has 0 aromatic carbocycles. The summed E-state index contributed by atoms with van der Waals surface area (Å²) >= 11 is 0. The summed E-state index contributed by atoms with van der Waals surface area (Å²) in [5, 5.41) is 0. The van der Waals surface area contributed by atoms with Gasteiger partial charge in [0, 0.05) is 25.9 Å². The molecule has 3 rings (SSSR count). The van der Waals surface area contributed by atoms with E-state index in [0.29, 0.717) is 28.8 Å². The van der Waals surface area contributed by atoms with E-state index in [1.54, 1.807) is 13.8 Å². The van der Waals surface area contributed by atoms with Gasteiger partial charge < -0.3 is 18.3 Å². The molecule has 7 heteroatoms. The maximum Gasteiger partial charge on any atom is 0.519 e. The molecule has 1 aromatic rings. The summed E-state index contributed by atoms with van der Waals surface area (Å²) in [5.74, 6) is 1.53. The second-order valence-electron chi connectivity index (χ2n) is 17.5. The van der Waals surface area contributed by atoms with Crippen LogP contribution in [0.1, 0.15) is 153 Å². The molecule has 0 radical (unpaired) electrons. The van der Waals surface area contributed by atoms with Crippen LogP contribution in [-0.2, 0) is 20.7 Å². The van der Waals surface area contributed by atoms with E-state index in [0.717, 1.165) is 38.6 Å². The minimum atomic E-state index is -0.605. The van der Waals surface area contributed by atoms with Crippen molar-refractivity contribution in [1.82, 2.24) is 4.90 Å². The average Bonchev–Trinajstić information content (AvgIpc) is 3.22. The first-order valence-electron chi connectivity index (χ1n) is 17.5. The molecule has 1 atom stereocenters. The van der Waals surface area contributed by atoms with Crippen LogP contribution in [0.25, 0.3) is 0 Å². The first-order chi connectivity index (χ1) is 20.4. The van der Waals surface area contributed by atoms with E-state index in [2.05, 4.69) is 88.0 Å². The van der Waals surface area contributed by atoms with Crippen molar-refractivity contribution in [3.63, 3.8) is 0 Å². The smallest absolute Gasteiger partial charge is 0.462 e. The van der Waals surface area contributed by atoms with E-state index in [1.807, 2.05) is 6.92 Å². The first kappa shape index (κ1) is 43.4. The topological polar surface area (TPSA) is 82.1 Å². The number of carbonyl (C=O) groups is 1. The van der Waals surface area contributed by atoms with Crippen molar-refractivity contribution in [2.45, 2.75) is 161 Å². The Balaban J connectivity index is 0.000000575. The van der Waals surface area contributed by atoms with Crippen LogP contribution in [0.2, 0.25) is 0 Å². The van der Waals surface area contributed by atoms with E-state index in [-0.39, 0.29) is 22.9 Å². The number of morpholine rings is 1. The largest absolute Gasteiger partial charge is 0.519 e. The average molecular weight is 640 g/mol. The van der Waals surface area contributed by atoms with Crippen LogP contribution in [0, 0.1) is 34.5 Å². The second kappa shape index (κ2) is 19.9. The Kier molecular flexibility index (Phi) is 19.2. The van der Waals surface area contributed by atoms with Crippen LogP contribution < -0.4 is 5.82 Å². The summed E-state index contributed by atoms with van der Waals surface area (Å²) in [7, 11) is 0. The highest BCUT2D eigenvalue weighted by Crippen LogP contribution is 2.37. The van der Waals surface area contributed by atoms with Crippen LogP contribution in [0.15, 0.2) is 13.6 Å². The third-order valence-corrected chi connectivity index (χ3v) is 8.45. The monoisotopic (exact) mass is 640 g/mol. The highest BCUT2D eigenvalue weighted by molar-refractivity contribution is 5.69. The zero-order chi connectivity index (χ0) is 35.1. The third-order valence-electron chi connectivity index (χ3n) is 8.45. The zero-order valence-corrected chi connectivity index (χ0v) is 32.2. The number of nitrogens with zero attached hydrogens (tertiary/aromatic N) is 1.